The van der Waals surface area contributed by atoms with Crippen molar-refractivity contribution in [2.24, 2.45) is 0 Å². The van der Waals surface area contributed by atoms with Crippen molar-refractivity contribution in [3.8, 4) is 0 Å². The van der Waals surface area contributed by atoms with Crippen LogP contribution >= 0.6 is 0 Å². The van der Waals surface area contributed by atoms with Gasteiger partial charge in [0.2, 0.25) is 0 Å². The first-order chi connectivity index (χ1) is 18.5. The number of esters is 2. The van der Waals surface area contributed by atoms with Gasteiger partial charge < -0.3 is 9.47 Å². The summed E-state index contributed by atoms with van der Waals surface area (Å²) < 4.78 is 10.3. The minimum Gasteiger partial charge on any atom is -0.453 e. The first-order valence-electron chi connectivity index (χ1n) is 11.8. The maximum Gasteiger partial charge on any atom is 0.357 e. The van der Waals surface area contributed by atoms with Crippen molar-refractivity contribution in [3.05, 3.63) is 126 Å². The highest BCUT2D eigenvalue weighted by Crippen LogP contribution is 2.17. The van der Waals surface area contributed by atoms with Crippen molar-refractivity contribution < 1.29 is 28.7 Å². The number of aromatic nitrogens is 1. The molecule has 7 nitrogen and oxygen atoms in total. The second-order valence-electron chi connectivity index (χ2n) is 8.53. The van der Waals surface area contributed by atoms with E-state index in [-0.39, 0.29) is 23.0 Å². The van der Waals surface area contributed by atoms with Gasteiger partial charge in [0, 0.05) is 11.1 Å². The lowest BCUT2D eigenvalue weighted by atomic mass is 10.0. The molecule has 0 saturated carbocycles. The summed E-state index contributed by atoms with van der Waals surface area (Å²) in [7, 11) is 0. The van der Waals surface area contributed by atoms with E-state index in [2.05, 4.69) is 4.98 Å². The third kappa shape index (κ3) is 5.47. The van der Waals surface area contributed by atoms with Crippen molar-refractivity contribution in [1.82, 2.24) is 4.98 Å². The summed E-state index contributed by atoms with van der Waals surface area (Å²) in [6.45, 7) is -0.957. The smallest absolute Gasteiger partial charge is 0.357 e. The fourth-order valence-electron chi connectivity index (χ4n) is 3.96. The molecule has 1 heterocycles. The average Bonchev–Trinajstić information content (AvgIpc) is 2.97. The molecule has 0 bridgehead atoms. The Kier molecular flexibility index (Phi) is 6.99. The van der Waals surface area contributed by atoms with E-state index in [4.69, 9.17) is 9.47 Å². The predicted molar refractivity (Wildman–Crippen MR) is 141 cm³/mol. The number of carbonyl (C=O) groups excluding carboxylic acids is 4. The van der Waals surface area contributed by atoms with Crippen LogP contribution in [0.1, 0.15) is 41.7 Å². The number of nitrogens with zero attached hydrogens (tertiary/aromatic N) is 1. The van der Waals surface area contributed by atoms with Gasteiger partial charge in [0.25, 0.3) is 0 Å². The van der Waals surface area contributed by atoms with E-state index < -0.39 is 25.2 Å². The van der Waals surface area contributed by atoms with Crippen LogP contribution in [0.3, 0.4) is 0 Å². The molecule has 186 valence electrons. The number of rotatable bonds is 8. The topological polar surface area (TPSA) is 99.6 Å². The molecule has 0 radical (unpaired) electrons. The summed E-state index contributed by atoms with van der Waals surface area (Å²) in [5.74, 6) is -2.46. The fraction of sp³-hybridized carbons (Fsp3) is 0.0645. The van der Waals surface area contributed by atoms with Crippen LogP contribution in [0.4, 0.5) is 0 Å². The number of carbonyl (C=O) groups is 4. The van der Waals surface area contributed by atoms with Gasteiger partial charge >= 0.3 is 11.9 Å². The van der Waals surface area contributed by atoms with Gasteiger partial charge in [-0.2, -0.15) is 0 Å². The highest BCUT2D eigenvalue weighted by Gasteiger charge is 2.18. The van der Waals surface area contributed by atoms with E-state index in [9.17, 15) is 19.2 Å². The third-order valence-corrected chi connectivity index (χ3v) is 5.98. The quantitative estimate of drug-likeness (QED) is 0.205. The molecule has 1 aromatic heterocycles. The van der Waals surface area contributed by atoms with E-state index in [1.165, 1.54) is 18.2 Å². The lowest BCUT2D eigenvalue weighted by molar-refractivity contribution is 0.0456. The molecule has 0 aliphatic heterocycles. The largest absolute Gasteiger partial charge is 0.453 e. The van der Waals surface area contributed by atoms with Crippen LogP contribution in [0.15, 0.2) is 103 Å². The monoisotopic (exact) mass is 503 g/mol. The second kappa shape index (κ2) is 10.8. The molecule has 0 aliphatic carbocycles. The Bertz CT molecular complexity index is 1590. The lowest BCUT2D eigenvalue weighted by Gasteiger charge is -2.07. The predicted octanol–water partition coefficient (Wildman–Crippen LogP) is 5.47. The normalized spacial score (nSPS) is 10.7. The summed E-state index contributed by atoms with van der Waals surface area (Å²) in [6.07, 6.45) is 0. The van der Waals surface area contributed by atoms with Gasteiger partial charge in [-0.05, 0) is 45.8 Å². The van der Waals surface area contributed by atoms with Gasteiger partial charge in [-0.15, -0.1) is 0 Å². The Balaban J connectivity index is 1.18. The van der Waals surface area contributed by atoms with Crippen molar-refractivity contribution >= 4 is 45.0 Å². The van der Waals surface area contributed by atoms with Crippen molar-refractivity contribution in [2.45, 2.75) is 0 Å². The molecule has 0 N–H and O–H groups in total. The van der Waals surface area contributed by atoms with E-state index in [1.54, 1.807) is 24.3 Å². The number of fused-ring (bicyclic) bond motifs is 2. The minimum atomic E-state index is -0.860. The second-order valence-corrected chi connectivity index (χ2v) is 8.53. The van der Waals surface area contributed by atoms with Crippen molar-refractivity contribution in [1.29, 1.82) is 0 Å². The highest BCUT2D eigenvalue weighted by molar-refractivity contribution is 6.03. The van der Waals surface area contributed by atoms with E-state index in [0.717, 1.165) is 21.5 Å². The summed E-state index contributed by atoms with van der Waals surface area (Å²) in [5.41, 5.74) is 0.508. The van der Waals surface area contributed by atoms with Gasteiger partial charge in [0.05, 0.1) is 0 Å². The van der Waals surface area contributed by atoms with Crippen molar-refractivity contribution in [2.75, 3.05) is 13.2 Å². The van der Waals surface area contributed by atoms with Gasteiger partial charge in [0.1, 0.15) is 11.4 Å². The van der Waals surface area contributed by atoms with Crippen LogP contribution in [0, 0.1) is 0 Å². The number of pyridine rings is 1. The SMILES string of the molecule is O=C(COC(=O)c1cccc(C(=O)OCC(=O)c2ccc3ccccc3c2)n1)c1ccc2ccccc2c1. The van der Waals surface area contributed by atoms with Gasteiger partial charge in [-0.1, -0.05) is 78.9 Å². The first kappa shape index (κ1) is 24.5. The molecule has 0 atom stereocenters. The van der Waals surface area contributed by atoms with E-state index in [0.29, 0.717) is 11.1 Å². The molecule has 0 amide bonds. The molecule has 5 aromatic rings. The fourth-order valence-corrected chi connectivity index (χ4v) is 3.96. The Hall–Kier alpha value is -5.17. The van der Waals surface area contributed by atoms with Crippen LogP contribution in [-0.2, 0) is 9.47 Å². The molecule has 5 rings (SSSR count). The van der Waals surface area contributed by atoms with Gasteiger partial charge in [0.15, 0.2) is 24.8 Å². The Morgan fingerprint density at radius 3 is 1.37 bits per heavy atom. The standard InChI is InChI=1S/C31H21NO6/c33-28(24-14-12-20-6-1-3-8-22(20)16-24)18-37-30(35)26-10-5-11-27(32-26)31(36)38-19-29(34)25-15-13-21-7-2-4-9-23(21)17-25/h1-17H,18-19H2. The average molecular weight is 504 g/mol. The summed E-state index contributed by atoms with van der Waals surface area (Å²) >= 11 is 0. The summed E-state index contributed by atoms with van der Waals surface area (Å²) in [4.78, 5) is 54.0. The molecule has 38 heavy (non-hydrogen) atoms. The lowest BCUT2D eigenvalue weighted by Crippen LogP contribution is -2.18. The van der Waals surface area contributed by atoms with Crippen LogP contribution < -0.4 is 0 Å². The Morgan fingerprint density at radius 1 is 0.500 bits per heavy atom. The maximum atomic E-state index is 12.5. The number of ketones is 2. The number of benzene rings is 4. The van der Waals surface area contributed by atoms with Crippen LogP contribution in [0.5, 0.6) is 0 Å². The molecule has 4 aromatic carbocycles. The van der Waals surface area contributed by atoms with E-state index in [1.807, 2.05) is 60.7 Å². The molecule has 0 fully saturated rings. The van der Waals surface area contributed by atoms with Crippen molar-refractivity contribution in [3.63, 3.8) is 0 Å². The number of hydrogen-bond donors (Lipinski definition) is 0. The third-order valence-electron chi connectivity index (χ3n) is 5.98. The Morgan fingerprint density at radius 2 is 0.921 bits per heavy atom. The zero-order valence-corrected chi connectivity index (χ0v) is 20.1. The van der Waals surface area contributed by atoms with Crippen LogP contribution in [-0.4, -0.2) is 41.7 Å². The maximum absolute atomic E-state index is 12.5. The zero-order chi connectivity index (χ0) is 26.5. The van der Waals surface area contributed by atoms with Gasteiger partial charge in [-0.3, -0.25) is 9.59 Å². The van der Waals surface area contributed by atoms with Gasteiger partial charge in [-0.25, -0.2) is 14.6 Å². The van der Waals surface area contributed by atoms with Crippen LogP contribution in [0.25, 0.3) is 21.5 Å². The highest BCUT2D eigenvalue weighted by atomic mass is 16.5. The Labute approximate surface area is 217 Å². The zero-order valence-electron chi connectivity index (χ0n) is 20.1. The molecular formula is C31H21NO6. The number of Topliss-reactive ketones (excluding diaryl/α,β-unsaturated/α-hetero) is 2. The molecule has 0 spiro atoms. The van der Waals surface area contributed by atoms with E-state index >= 15 is 0 Å². The number of hydrogen-bond acceptors (Lipinski definition) is 7. The molecule has 0 saturated heterocycles. The summed E-state index contributed by atoms with van der Waals surface area (Å²) in [6, 6.07) is 29.9. The molecule has 0 unspecified atom stereocenters. The summed E-state index contributed by atoms with van der Waals surface area (Å²) in [5, 5.41) is 3.79. The first-order valence-corrected chi connectivity index (χ1v) is 11.8. The van der Waals surface area contributed by atoms with Crippen LogP contribution in [0.2, 0.25) is 0 Å². The minimum absolute atomic E-state index is 0.161. The molecule has 0 aliphatic rings. The molecule has 7 heteroatoms. The molecular weight excluding hydrogens is 482 g/mol. The number of ether oxygens (including phenoxy) is 2.